The summed E-state index contributed by atoms with van der Waals surface area (Å²) < 4.78 is 5.77. The molecule has 0 radical (unpaired) electrons. The number of unbranched alkanes of at least 4 members (excludes halogenated alkanes) is 9. The topological polar surface area (TPSA) is 26.3 Å². The molecule has 10 atom stereocenters. The molecule has 0 aromatic heterocycles. The number of hydrogen-bond acceptors (Lipinski definition) is 2. The molecule has 4 aliphatic rings. The van der Waals surface area contributed by atoms with E-state index in [9.17, 15) is 4.79 Å². The van der Waals surface area contributed by atoms with Gasteiger partial charge in [-0.3, -0.25) is 4.79 Å². The smallest absolute Gasteiger partial charge is 0.305 e. The number of hydrogen-bond donors (Lipinski definition) is 0. The minimum Gasteiger partial charge on any atom is -0.465 e. The van der Waals surface area contributed by atoms with Crippen molar-refractivity contribution < 1.29 is 9.53 Å². The summed E-state index contributed by atoms with van der Waals surface area (Å²) >= 11 is 0. The van der Waals surface area contributed by atoms with Crippen molar-refractivity contribution in [2.75, 3.05) is 6.61 Å². The molecule has 2 nitrogen and oxygen atoms in total. The van der Waals surface area contributed by atoms with E-state index in [4.69, 9.17) is 4.74 Å². The predicted octanol–water partition coefficient (Wildman–Crippen LogP) is 13.5. The highest BCUT2D eigenvalue weighted by Gasteiger charge is 2.60. The van der Waals surface area contributed by atoms with Gasteiger partial charge in [-0.05, 0) is 142 Å². The second kappa shape index (κ2) is 18.8. The van der Waals surface area contributed by atoms with Crippen LogP contribution in [0.5, 0.6) is 0 Å². The van der Waals surface area contributed by atoms with Crippen molar-refractivity contribution in [1.82, 2.24) is 0 Å². The Hall–Kier alpha value is -0.790. The van der Waals surface area contributed by atoms with E-state index in [1.54, 1.807) is 0 Å². The number of carbonyl (C=O) groups excluding carboxylic acids is 1. The SMILES string of the molecule is CCCCCCC=CCCCCCCCC(=O)OCC(C)[C@@H](C)CC[C@@H](C)[C@H]1CC[C@H]2[C@@H]3CCC4CCCC[C@]4(C)[C@H]3CC[C@]12C. The average molecular weight is 639 g/mol. The lowest BCUT2D eigenvalue weighted by Gasteiger charge is -2.61. The van der Waals surface area contributed by atoms with Crippen LogP contribution in [0.1, 0.15) is 196 Å². The molecule has 46 heavy (non-hydrogen) atoms. The second-order valence-electron chi connectivity index (χ2n) is 18.0. The maximum atomic E-state index is 12.4. The van der Waals surface area contributed by atoms with Crippen LogP contribution in [0.4, 0.5) is 0 Å². The number of ether oxygens (including phenoxy) is 1. The highest BCUT2D eigenvalue weighted by atomic mass is 16.5. The van der Waals surface area contributed by atoms with Gasteiger partial charge in [0.1, 0.15) is 0 Å². The van der Waals surface area contributed by atoms with E-state index in [0.717, 1.165) is 48.3 Å². The van der Waals surface area contributed by atoms with E-state index in [-0.39, 0.29) is 5.97 Å². The van der Waals surface area contributed by atoms with Crippen LogP contribution in [0.2, 0.25) is 0 Å². The Morgan fingerprint density at radius 1 is 0.717 bits per heavy atom. The zero-order valence-electron chi connectivity index (χ0n) is 31.8. The van der Waals surface area contributed by atoms with Gasteiger partial charge in [-0.1, -0.05) is 118 Å². The predicted molar refractivity (Wildman–Crippen MR) is 198 cm³/mol. The van der Waals surface area contributed by atoms with Crippen molar-refractivity contribution in [3.63, 3.8) is 0 Å². The summed E-state index contributed by atoms with van der Waals surface area (Å²) in [5, 5.41) is 0. The summed E-state index contributed by atoms with van der Waals surface area (Å²) in [5.74, 6) is 6.86. The first kappa shape index (κ1) is 38.0. The van der Waals surface area contributed by atoms with Crippen LogP contribution >= 0.6 is 0 Å². The Morgan fingerprint density at radius 2 is 1.41 bits per heavy atom. The first-order chi connectivity index (χ1) is 22.2. The first-order valence-corrected chi connectivity index (χ1v) is 21.0. The van der Waals surface area contributed by atoms with E-state index >= 15 is 0 Å². The molecule has 2 heteroatoms. The van der Waals surface area contributed by atoms with Gasteiger partial charge in [-0.25, -0.2) is 0 Å². The fourth-order valence-electron chi connectivity index (χ4n) is 11.7. The quantitative estimate of drug-likeness (QED) is 0.0753. The zero-order valence-corrected chi connectivity index (χ0v) is 31.8. The third kappa shape index (κ3) is 9.89. The van der Waals surface area contributed by atoms with E-state index in [0.29, 0.717) is 35.7 Å². The molecule has 0 aromatic carbocycles. The van der Waals surface area contributed by atoms with Gasteiger partial charge in [0.15, 0.2) is 0 Å². The molecule has 4 fully saturated rings. The van der Waals surface area contributed by atoms with Crippen LogP contribution in [-0.2, 0) is 9.53 Å². The van der Waals surface area contributed by atoms with Crippen LogP contribution in [0.25, 0.3) is 0 Å². The van der Waals surface area contributed by atoms with Crippen LogP contribution in [-0.4, -0.2) is 12.6 Å². The molecule has 4 aliphatic carbocycles. The first-order valence-electron chi connectivity index (χ1n) is 21.0. The second-order valence-corrected chi connectivity index (χ2v) is 18.0. The van der Waals surface area contributed by atoms with Crippen LogP contribution in [0.3, 0.4) is 0 Å². The van der Waals surface area contributed by atoms with Crippen molar-refractivity contribution in [3.8, 4) is 0 Å². The summed E-state index contributed by atoms with van der Waals surface area (Å²) in [4.78, 5) is 12.4. The molecule has 4 rings (SSSR count). The van der Waals surface area contributed by atoms with Crippen LogP contribution in [0.15, 0.2) is 12.2 Å². The van der Waals surface area contributed by atoms with Gasteiger partial charge < -0.3 is 4.74 Å². The maximum Gasteiger partial charge on any atom is 0.305 e. The highest BCUT2D eigenvalue weighted by Crippen LogP contribution is 2.68. The molecule has 0 bridgehead atoms. The van der Waals surface area contributed by atoms with Gasteiger partial charge in [0, 0.05) is 6.42 Å². The number of carbonyl (C=O) groups is 1. The van der Waals surface area contributed by atoms with E-state index in [1.807, 2.05) is 0 Å². The third-order valence-corrected chi connectivity index (χ3v) is 15.0. The van der Waals surface area contributed by atoms with Gasteiger partial charge in [0.2, 0.25) is 0 Å². The average Bonchev–Trinajstić information content (AvgIpc) is 3.41. The summed E-state index contributed by atoms with van der Waals surface area (Å²) in [5.41, 5.74) is 1.24. The van der Waals surface area contributed by atoms with E-state index in [2.05, 4.69) is 53.7 Å². The van der Waals surface area contributed by atoms with Crippen molar-refractivity contribution in [2.45, 2.75) is 196 Å². The van der Waals surface area contributed by atoms with Gasteiger partial charge in [-0.2, -0.15) is 0 Å². The third-order valence-electron chi connectivity index (χ3n) is 15.0. The molecule has 2 unspecified atom stereocenters. The minimum absolute atomic E-state index is 0.0232. The molecular weight excluding hydrogens is 560 g/mol. The molecule has 0 amide bonds. The lowest BCUT2D eigenvalue weighted by atomic mass is 9.44. The van der Waals surface area contributed by atoms with Crippen molar-refractivity contribution >= 4 is 5.97 Å². The molecule has 266 valence electrons. The minimum atomic E-state index is 0.0232. The van der Waals surface area contributed by atoms with Crippen molar-refractivity contribution in [3.05, 3.63) is 12.2 Å². The van der Waals surface area contributed by atoms with Crippen molar-refractivity contribution in [2.24, 2.45) is 58.2 Å². The molecule has 0 aliphatic heterocycles. The normalized spacial score (nSPS) is 34.4. The highest BCUT2D eigenvalue weighted by molar-refractivity contribution is 5.69. The Bertz CT molecular complexity index is 908. The molecule has 0 N–H and O–H groups in total. The standard InChI is InChI=1S/C44H78O2/c1-7-8-9-10-11-12-13-14-15-16-17-18-19-23-42(45)46-33-36(4)34(2)24-25-35(3)39-28-29-40-38-27-26-37-22-20-21-31-43(37,5)41(38)30-32-44(39,40)6/h12-13,34-41H,7-11,14-33H2,1-6H3/t34-,35+,36?,37?,38-,39+,40-,41-,43-,44+/m0/s1. The zero-order chi connectivity index (χ0) is 33.0. The number of esters is 1. The van der Waals surface area contributed by atoms with Crippen molar-refractivity contribution in [1.29, 1.82) is 0 Å². The van der Waals surface area contributed by atoms with Gasteiger partial charge in [-0.15, -0.1) is 0 Å². The Balaban J connectivity index is 1.07. The van der Waals surface area contributed by atoms with Crippen LogP contribution in [0, 0.1) is 58.2 Å². The molecular formula is C44H78O2. The molecule has 0 aromatic rings. The number of allylic oxidation sites excluding steroid dienone is 2. The van der Waals surface area contributed by atoms with E-state index in [1.165, 1.54) is 135 Å². The molecule has 0 heterocycles. The van der Waals surface area contributed by atoms with Gasteiger partial charge in [0.05, 0.1) is 6.61 Å². The fourth-order valence-corrected chi connectivity index (χ4v) is 11.7. The summed E-state index contributed by atoms with van der Waals surface area (Å²) in [6.07, 6.45) is 36.9. The summed E-state index contributed by atoms with van der Waals surface area (Å²) in [6, 6.07) is 0. The Morgan fingerprint density at radius 3 is 2.17 bits per heavy atom. The largest absolute Gasteiger partial charge is 0.465 e. The lowest BCUT2D eigenvalue weighted by Crippen LogP contribution is -2.53. The van der Waals surface area contributed by atoms with Gasteiger partial charge >= 0.3 is 5.97 Å². The Labute approximate surface area is 287 Å². The molecule has 0 saturated heterocycles. The number of rotatable bonds is 20. The van der Waals surface area contributed by atoms with E-state index < -0.39 is 0 Å². The lowest BCUT2D eigenvalue weighted by molar-refractivity contribution is -0.145. The summed E-state index contributed by atoms with van der Waals surface area (Å²) in [6.45, 7) is 15.6. The Kier molecular flexibility index (Phi) is 15.6. The molecule has 4 saturated carbocycles. The fraction of sp³-hybridized carbons (Fsp3) is 0.932. The van der Waals surface area contributed by atoms with Crippen LogP contribution < -0.4 is 0 Å². The monoisotopic (exact) mass is 639 g/mol. The maximum absolute atomic E-state index is 12.4. The van der Waals surface area contributed by atoms with Gasteiger partial charge in [0.25, 0.3) is 0 Å². The molecule has 0 spiro atoms. The summed E-state index contributed by atoms with van der Waals surface area (Å²) in [7, 11) is 0. The number of fused-ring (bicyclic) bond motifs is 5.